The number of rotatable bonds is 4. The van der Waals surface area contributed by atoms with E-state index in [0.717, 1.165) is 35.5 Å². The van der Waals surface area contributed by atoms with E-state index in [9.17, 15) is 13.6 Å². The Morgan fingerprint density at radius 1 is 1.29 bits per heavy atom. The molecule has 1 unspecified atom stereocenters. The molecule has 2 rings (SSSR count). The summed E-state index contributed by atoms with van der Waals surface area (Å²) in [6.45, 7) is 7.55. The maximum Gasteiger partial charge on any atom is 0.187 e. The summed E-state index contributed by atoms with van der Waals surface area (Å²) in [5.41, 5.74) is 3.07. The van der Waals surface area contributed by atoms with Crippen molar-refractivity contribution in [3.05, 3.63) is 52.3 Å². The second-order valence-electron chi connectivity index (χ2n) is 5.12. The lowest BCUT2D eigenvalue weighted by Crippen LogP contribution is -2.19. The topological polar surface area (TPSA) is 34.9 Å². The predicted molar refractivity (Wildman–Crippen MR) is 76.5 cm³/mol. The van der Waals surface area contributed by atoms with Gasteiger partial charge in [-0.05, 0) is 51.0 Å². The minimum Gasteiger partial charge on any atom is -0.292 e. The summed E-state index contributed by atoms with van der Waals surface area (Å²) in [5.74, 6) is -2.27. The minimum absolute atomic E-state index is 0.145. The van der Waals surface area contributed by atoms with Crippen LogP contribution in [-0.2, 0) is 6.42 Å². The third-order valence-corrected chi connectivity index (χ3v) is 3.78. The standard InChI is InChI=1S/C16H18F2N2O/c1-5-13-9(2)19-20(10(13)3)11(4)16(21)12-6-7-14(17)15(18)8-12/h6-8,11H,5H2,1-4H3. The molecule has 1 atom stereocenters. The Balaban J connectivity index is 2.37. The minimum atomic E-state index is -1.02. The highest BCUT2D eigenvalue weighted by atomic mass is 19.2. The Labute approximate surface area is 122 Å². The Bertz CT molecular complexity index is 692. The molecule has 0 saturated carbocycles. The van der Waals surface area contributed by atoms with E-state index in [4.69, 9.17) is 0 Å². The highest BCUT2D eigenvalue weighted by molar-refractivity contribution is 5.98. The average molecular weight is 292 g/mol. The quantitative estimate of drug-likeness (QED) is 0.804. The van der Waals surface area contributed by atoms with Gasteiger partial charge >= 0.3 is 0 Å². The van der Waals surface area contributed by atoms with E-state index in [1.54, 1.807) is 11.6 Å². The highest BCUT2D eigenvalue weighted by Crippen LogP contribution is 2.21. The molecule has 112 valence electrons. The molecule has 2 aromatic rings. The van der Waals surface area contributed by atoms with E-state index >= 15 is 0 Å². The van der Waals surface area contributed by atoms with Crippen LogP contribution in [0.3, 0.4) is 0 Å². The third-order valence-electron chi connectivity index (χ3n) is 3.78. The zero-order valence-corrected chi connectivity index (χ0v) is 12.6. The fourth-order valence-electron chi connectivity index (χ4n) is 2.59. The van der Waals surface area contributed by atoms with E-state index in [2.05, 4.69) is 5.10 Å². The Kier molecular flexibility index (Phi) is 4.21. The van der Waals surface area contributed by atoms with Gasteiger partial charge in [-0.2, -0.15) is 5.10 Å². The Morgan fingerprint density at radius 3 is 2.48 bits per heavy atom. The fourth-order valence-corrected chi connectivity index (χ4v) is 2.59. The molecular formula is C16H18F2N2O. The van der Waals surface area contributed by atoms with Gasteiger partial charge in [0.2, 0.25) is 0 Å². The molecule has 5 heteroatoms. The van der Waals surface area contributed by atoms with Crippen LogP contribution in [0.2, 0.25) is 0 Å². The van der Waals surface area contributed by atoms with Crippen LogP contribution in [0.1, 0.15) is 47.2 Å². The number of Topliss-reactive ketones (excluding diaryl/α,β-unsaturated/α-hetero) is 1. The molecule has 1 aromatic carbocycles. The van der Waals surface area contributed by atoms with Crippen LogP contribution in [0.4, 0.5) is 8.78 Å². The number of aromatic nitrogens is 2. The van der Waals surface area contributed by atoms with E-state index in [1.807, 2.05) is 20.8 Å². The first-order chi connectivity index (χ1) is 9.86. The highest BCUT2D eigenvalue weighted by Gasteiger charge is 2.22. The van der Waals surface area contributed by atoms with Crippen LogP contribution >= 0.6 is 0 Å². The molecule has 0 amide bonds. The summed E-state index contributed by atoms with van der Waals surface area (Å²) >= 11 is 0. The molecule has 0 aliphatic heterocycles. The largest absolute Gasteiger partial charge is 0.292 e. The van der Waals surface area contributed by atoms with Gasteiger partial charge in [0.05, 0.1) is 5.69 Å². The maximum atomic E-state index is 13.3. The van der Waals surface area contributed by atoms with Crippen molar-refractivity contribution in [1.82, 2.24) is 9.78 Å². The first-order valence-corrected chi connectivity index (χ1v) is 6.90. The predicted octanol–water partition coefficient (Wildman–Crippen LogP) is 3.78. The van der Waals surface area contributed by atoms with Crippen molar-refractivity contribution in [3.8, 4) is 0 Å². The van der Waals surface area contributed by atoms with E-state index < -0.39 is 17.7 Å². The van der Waals surface area contributed by atoms with Crippen molar-refractivity contribution in [2.24, 2.45) is 0 Å². The number of hydrogen-bond donors (Lipinski definition) is 0. The molecule has 0 saturated heterocycles. The van der Waals surface area contributed by atoms with E-state index in [1.165, 1.54) is 6.07 Å². The van der Waals surface area contributed by atoms with Crippen molar-refractivity contribution in [2.45, 2.75) is 40.2 Å². The molecule has 0 bridgehead atoms. The van der Waals surface area contributed by atoms with Crippen molar-refractivity contribution < 1.29 is 13.6 Å². The molecule has 0 N–H and O–H groups in total. The lowest BCUT2D eigenvalue weighted by atomic mass is 10.0. The van der Waals surface area contributed by atoms with Crippen LogP contribution in [-0.4, -0.2) is 15.6 Å². The van der Waals surface area contributed by atoms with Crippen LogP contribution in [0, 0.1) is 25.5 Å². The molecule has 1 aromatic heterocycles. The summed E-state index contributed by atoms with van der Waals surface area (Å²) in [7, 11) is 0. The first kappa shape index (κ1) is 15.4. The number of hydrogen-bond acceptors (Lipinski definition) is 2. The van der Waals surface area contributed by atoms with Gasteiger partial charge in [-0.25, -0.2) is 8.78 Å². The van der Waals surface area contributed by atoms with E-state index in [-0.39, 0.29) is 11.3 Å². The number of carbonyl (C=O) groups excluding carboxylic acids is 1. The normalized spacial score (nSPS) is 12.5. The molecule has 21 heavy (non-hydrogen) atoms. The zero-order chi connectivity index (χ0) is 15.7. The maximum absolute atomic E-state index is 13.3. The lowest BCUT2D eigenvalue weighted by molar-refractivity contribution is 0.0926. The molecular weight excluding hydrogens is 274 g/mol. The second kappa shape index (κ2) is 5.76. The van der Waals surface area contributed by atoms with Crippen LogP contribution in [0.15, 0.2) is 18.2 Å². The third kappa shape index (κ3) is 2.73. The molecule has 0 aliphatic rings. The zero-order valence-electron chi connectivity index (χ0n) is 12.6. The van der Waals surface area contributed by atoms with Gasteiger partial charge in [-0.3, -0.25) is 9.48 Å². The average Bonchev–Trinajstić information content (AvgIpc) is 2.74. The fraction of sp³-hybridized carbons (Fsp3) is 0.375. The molecule has 0 spiro atoms. The molecule has 0 aliphatic carbocycles. The Hall–Kier alpha value is -2.04. The number of benzene rings is 1. The van der Waals surface area contributed by atoms with Crippen molar-refractivity contribution >= 4 is 5.78 Å². The first-order valence-electron chi connectivity index (χ1n) is 6.90. The number of aryl methyl sites for hydroxylation is 1. The van der Waals surface area contributed by atoms with Crippen molar-refractivity contribution in [1.29, 1.82) is 0 Å². The summed E-state index contributed by atoms with van der Waals surface area (Å²) in [6, 6.07) is 2.63. The molecule has 1 heterocycles. The van der Waals surface area contributed by atoms with Crippen molar-refractivity contribution in [2.75, 3.05) is 0 Å². The SMILES string of the molecule is CCc1c(C)nn(C(C)C(=O)c2ccc(F)c(F)c2)c1C. The van der Waals surface area contributed by atoms with Gasteiger partial charge in [0.25, 0.3) is 0 Å². The van der Waals surface area contributed by atoms with Crippen LogP contribution in [0.25, 0.3) is 0 Å². The van der Waals surface area contributed by atoms with Crippen molar-refractivity contribution in [3.63, 3.8) is 0 Å². The number of carbonyl (C=O) groups is 1. The van der Waals surface area contributed by atoms with Gasteiger partial charge in [0.1, 0.15) is 6.04 Å². The summed E-state index contributed by atoms with van der Waals surface area (Å²) in [5, 5.41) is 4.40. The summed E-state index contributed by atoms with van der Waals surface area (Å²) in [4.78, 5) is 12.4. The van der Waals surface area contributed by atoms with Gasteiger partial charge in [0.15, 0.2) is 17.4 Å². The summed E-state index contributed by atoms with van der Waals surface area (Å²) in [6.07, 6.45) is 0.837. The molecule has 0 radical (unpaired) electrons. The van der Waals surface area contributed by atoms with Gasteiger partial charge in [-0.15, -0.1) is 0 Å². The number of nitrogens with zero attached hydrogens (tertiary/aromatic N) is 2. The smallest absolute Gasteiger partial charge is 0.187 e. The number of ketones is 1. The number of halogens is 2. The van der Waals surface area contributed by atoms with Gasteiger partial charge in [0, 0.05) is 11.3 Å². The monoisotopic (exact) mass is 292 g/mol. The van der Waals surface area contributed by atoms with Gasteiger partial charge in [-0.1, -0.05) is 6.92 Å². The molecule has 0 fully saturated rings. The van der Waals surface area contributed by atoms with E-state index in [0.29, 0.717) is 0 Å². The summed E-state index contributed by atoms with van der Waals surface area (Å²) < 4.78 is 27.9. The van der Waals surface area contributed by atoms with Gasteiger partial charge < -0.3 is 0 Å². The van der Waals surface area contributed by atoms with Crippen LogP contribution in [0.5, 0.6) is 0 Å². The lowest BCUT2D eigenvalue weighted by Gasteiger charge is -2.14. The molecule has 3 nitrogen and oxygen atoms in total. The Morgan fingerprint density at radius 2 is 1.95 bits per heavy atom. The van der Waals surface area contributed by atoms with Crippen LogP contribution < -0.4 is 0 Å². The second-order valence-corrected chi connectivity index (χ2v) is 5.12.